The Hall–Kier alpha value is -1.68. The summed E-state index contributed by atoms with van der Waals surface area (Å²) in [5.41, 5.74) is 0.412. The molecular weight excluding hydrogens is 244 g/mol. The summed E-state index contributed by atoms with van der Waals surface area (Å²) < 4.78 is 5.71. The third-order valence-corrected chi connectivity index (χ3v) is 3.46. The molecular formula is C15H20O4. The van der Waals surface area contributed by atoms with Crippen LogP contribution < -0.4 is 4.74 Å². The van der Waals surface area contributed by atoms with Crippen molar-refractivity contribution in [3.8, 4) is 5.75 Å². The fourth-order valence-corrected chi connectivity index (χ4v) is 2.35. The zero-order chi connectivity index (χ0) is 12.8. The van der Waals surface area contributed by atoms with Gasteiger partial charge >= 0.3 is 0 Å². The number of ketones is 1. The minimum atomic E-state index is -0.492. The Kier molecular flexibility index (Phi) is 6.22. The van der Waals surface area contributed by atoms with E-state index in [4.69, 9.17) is 4.74 Å². The van der Waals surface area contributed by atoms with Gasteiger partial charge in [-0.05, 0) is 43.0 Å². The van der Waals surface area contributed by atoms with Crippen molar-refractivity contribution in [2.24, 2.45) is 5.92 Å². The molecule has 4 nitrogen and oxygen atoms in total. The predicted octanol–water partition coefficient (Wildman–Crippen LogP) is 2.20. The van der Waals surface area contributed by atoms with E-state index in [1.807, 2.05) is 0 Å². The van der Waals surface area contributed by atoms with Gasteiger partial charge in [0, 0.05) is 5.56 Å². The van der Waals surface area contributed by atoms with Crippen molar-refractivity contribution in [3.63, 3.8) is 0 Å². The molecule has 1 aromatic carbocycles. The van der Waals surface area contributed by atoms with Gasteiger partial charge in [-0.2, -0.15) is 0 Å². The zero-order valence-electron chi connectivity index (χ0n) is 10.9. The normalized spacial score (nSPS) is 15.4. The van der Waals surface area contributed by atoms with Crippen LogP contribution in [-0.4, -0.2) is 24.2 Å². The Labute approximate surface area is 113 Å². The van der Waals surface area contributed by atoms with Crippen molar-refractivity contribution in [2.45, 2.75) is 32.1 Å². The van der Waals surface area contributed by atoms with Crippen molar-refractivity contribution in [3.05, 3.63) is 29.8 Å². The number of aldehydes is 1. The first-order valence-electron chi connectivity index (χ1n) is 6.52. The van der Waals surface area contributed by atoms with E-state index in [1.54, 1.807) is 24.3 Å². The van der Waals surface area contributed by atoms with Crippen LogP contribution in [0.25, 0.3) is 0 Å². The lowest BCUT2D eigenvalue weighted by Gasteiger charge is -2.21. The van der Waals surface area contributed by atoms with Gasteiger partial charge in [0.2, 0.25) is 5.78 Å². The Balaban J connectivity index is 0.00000180. The van der Waals surface area contributed by atoms with Crippen LogP contribution in [0, 0.1) is 5.92 Å². The quantitative estimate of drug-likeness (QED) is 0.465. The summed E-state index contributed by atoms with van der Waals surface area (Å²) in [7, 11) is 0. The first kappa shape index (κ1) is 15.4. The van der Waals surface area contributed by atoms with Crippen LogP contribution in [0.15, 0.2) is 24.3 Å². The maximum absolute atomic E-state index is 11.1. The first-order chi connectivity index (χ1) is 8.79. The molecule has 19 heavy (non-hydrogen) atoms. The second kappa shape index (κ2) is 7.69. The van der Waals surface area contributed by atoms with Crippen LogP contribution in [0.2, 0.25) is 0 Å². The van der Waals surface area contributed by atoms with Gasteiger partial charge in [0.25, 0.3) is 0 Å². The van der Waals surface area contributed by atoms with Crippen molar-refractivity contribution in [2.75, 3.05) is 6.61 Å². The largest absolute Gasteiger partial charge is 0.493 e. The SMILES string of the molecule is O.O=CC(=O)c1ccc(OCC2CCCCC2)cc1. The molecule has 2 rings (SSSR count). The van der Waals surface area contributed by atoms with Crippen molar-refractivity contribution >= 4 is 12.1 Å². The highest BCUT2D eigenvalue weighted by atomic mass is 16.5. The van der Waals surface area contributed by atoms with E-state index in [0.717, 1.165) is 12.4 Å². The van der Waals surface area contributed by atoms with E-state index in [2.05, 4.69) is 0 Å². The molecule has 0 bridgehead atoms. The van der Waals surface area contributed by atoms with E-state index in [0.29, 0.717) is 17.8 Å². The molecule has 1 fully saturated rings. The maximum atomic E-state index is 11.1. The highest BCUT2D eigenvalue weighted by Crippen LogP contribution is 2.24. The van der Waals surface area contributed by atoms with E-state index in [-0.39, 0.29) is 5.48 Å². The number of carbonyl (C=O) groups is 2. The Bertz CT molecular complexity index is 405. The van der Waals surface area contributed by atoms with Gasteiger partial charge < -0.3 is 10.2 Å². The van der Waals surface area contributed by atoms with Crippen LogP contribution in [0.1, 0.15) is 42.5 Å². The van der Waals surface area contributed by atoms with E-state index < -0.39 is 5.78 Å². The minimum Gasteiger partial charge on any atom is -0.493 e. The highest BCUT2D eigenvalue weighted by molar-refractivity contribution is 6.33. The van der Waals surface area contributed by atoms with Crippen LogP contribution in [0.4, 0.5) is 0 Å². The molecule has 1 aliphatic rings. The molecule has 0 aromatic heterocycles. The molecule has 1 aliphatic carbocycles. The van der Waals surface area contributed by atoms with E-state index in [1.165, 1.54) is 32.1 Å². The number of carbonyl (C=O) groups excluding carboxylic acids is 2. The van der Waals surface area contributed by atoms with Crippen LogP contribution >= 0.6 is 0 Å². The van der Waals surface area contributed by atoms with E-state index >= 15 is 0 Å². The van der Waals surface area contributed by atoms with Gasteiger partial charge in [0.1, 0.15) is 5.75 Å². The fourth-order valence-electron chi connectivity index (χ4n) is 2.35. The topological polar surface area (TPSA) is 74.9 Å². The van der Waals surface area contributed by atoms with Crippen LogP contribution in [0.5, 0.6) is 5.75 Å². The first-order valence-corrected chi connectivity index (χ1v) is 6.52. The average Bonchev–Trinajstić information content (AvgIpc) is 2.46. The number of hydrogen-bond donors (Lipinski definition) is 0. The third kappa shape index (κ3) is 4.48. The smallest absolute Gasteiger partial charge is 0.225 e. The van der Waals surface area contributed by atoms with Gasteiger partial charge in [-0.25, -0.2) is 0 Å². The van der Waals surface area contributed by atoms with Crippen molar-refractivity contribution in [1.29, 1.82) is 0 Å². The molecule has 0 atom stereocenters. The van der Waals surface area contributed by atoms with E-state index in [9.17, 15) is 9.59 Å². The molecule has 1 aromatic rings. The highest BCUT2D eigenvalue weighted by Gasteiger charge is 2.14. The Morgan fingerprint density at radius 1 is 1.16 bits per heavy atom. The third-order valence-electron chi connectivity index (χ3n) is 3.46. The Morgan fingerprint density at radius 3 is 2.37 bits per heavy atom. The molecule has 4 heteroatoms. The summed E-state index contributed by atoms with van der Waals surface area (Å²) in [6, 6.07) is 6.76. The van der Waals surface area contributed by atoms with Gasteiger partial charge in [0.05, 0.1) is 6.61 Å². The van der Waals surface area contributed by atoms with Crippen LogP contribution in [0.3, 0.4) is 0 Å². The number of hydrogen-bond acceptors (Lipinski definition) is 3. The van der Waals surface area contributed by atoms with Crippen molar-refractivity contribution < 1.29 is 19.8 Å². The summed E-state index contributed by atoms with van der Waals surface area (Å²) in [6.45, 7) is 0.751. The summed E-state index contributed by atoms with van der Waals surface area (Å²) in [5, 5.41) is 0. The zero-order valence-corrected chi connectivity index (χ0v) is 10.9. The molecule has 0 heterocycles. The second-order valence-corrected chi connectivity index (χ2v) is 4.82. The molecule has 1 saturated carbocycles. The molecule has 104 valence electrons. The molecule has 0 spiro atoms. The van der Waals surface area contributed by atoms with Crippen LogP contribution in [-0.2, 0) is 4.79 Å². The molecule has 2 N–H and O–H groups in total. The van der Waals surface area contributed by atoms with Gasteiger partial charge in [0.15, 0.2) is 6.29 Å². The lowest BCUT2D eigenvalue weighted by Crippen LogP contribution is -2.15. The molecule has 0 saturated heterocycles. The predicted molar refractivity (Wildman–Crippen MR) is 72.5 cm³/mol. The minimum absolute atomic E-state index is 0. The lowest BCUT2D eigenvalue weighted by molar-refractivity contribution is -0.104. The second-order valence-electron chi connectivity index (χ2n) is 4.82. The summed E-state index contributed by atoms with van der Waals surface area (Å²) in [5.74, 6) is 0.937. The van der Waals surface area contributed by atoms with Gasteiger partial charge in [-0.15, -0.1) is 0 Å². The summed E-state index contributed by atoms with van der Waals surface area (Å²) in [6.07, 6.45) is 6.79. The Morgan fingerprint density at radius 2 is 1.79 bits per heavy atom. The molecule has 0 aliphatic heterocycles. The monoisotopic (exact) mass is 264 g/mol. The standard InChI is InChI=1S/C15H18O3.H2O/c16-10-15(17)13-6-8-14(9-7-13)18-11-12-4-2-1-3-5-12;/h6-10,12H,1-5,11H2;1H2. The number of benzene rings is 1. The van der Waals surface area contributed by atoms with Gasteiger partial charge in [-0.1, -0.05) is 19.3 Å². The average molecular weight is 264 g/mol. The summed E-state index contributed by atoms with van der Waals surface area (Å²) >= 11 is 0. The molecule has 0 amide bonds. The maximum Gasteiger partial charge on any atom is 0.225 e. The van der Waals surface area contributed by atoms with Gasteiger partial charge in [-0.3, -0.25) is 9.59 Å². The number of rotatable bonds is 5. The van der Waals surface area contributed by atoms with Crippen molar-refractivity contribution in [1.82, 2.24) is 0 Å². The number of Topliss-reactive ketones (excluding diaryl/α,β-unsaturated/α-hetero) is 1. The lowest BCUT2D eigenvalue weighted by atomic mass is 9.90. The molecule has 0 unspecified atom stereocenters. The number of ether oxygens (including phenoxy) is 1. The molecule has 0 radical (unpaired) electrons. The fraction of sp³-hybridized carbons (Fsp3) is 0.467. The summed E-state index contributed by atoms with van der Waals surface area (Å²) in [4.78, 5) is 21.5.